The lowest BCUT2D eigenvalue weighted by atomic mass is 9.84. The van der Waals surface area contributed by atoms with E-state index in [9.17, 15) is 24.3 Å². The van der Waals surface area contributed by atoms with Gasteiger partial charge in [0.1, 0.15) is 17.1 Å². The first-order valence-electron chi connectivity index (χ1n) is 24.9. The number of carbonyl (C=O) groups excluding carboxylic acids is 3. The van der Waals surface area contributed by atoms with Crippen LogP contribution in [0.5, 0.6) is 5.75 Å². The van der Waals surface area contributed by atoms with Crippen LogP contribution in [0.2, 0.25) is 0 Å². The van der Waals surface area contributed by atoms with Crippen molar-refractivity contribution in [3.8, 4) is 16.9 Å². The number of rotatable bonds is 13. The van der Waals surface area contributed by atoms with Crippen LogP contribution in [0.3, 0.4) is 0 Å². The van der Waals surface area contributed by atoms with Crippen LogP contribution in [0.15, 0.2) is 95.4 Å². The molecule has 3 amide bonds. The van der Waals surface area contributed by atoms with Crippen molar-refractivity contribution in [2.75, 3.05) is 54.4 Å². The Morgan fingerprint density at radius 2 is 1.66 bits per heavy atom. The van der Waals surface area contributed by atoms with Gasteiger partial charge in [0.05, 0.1) is 22.2 Å². The smallest absolute Gasteiger partial charge is 0.355 e. The Balaban J connectivity index is 0.662. The van der Waals surface area contributed by atoms with Gasteiger partial charge in [-0.05, 0) is 147 Å². The molecule has 71 heavy (non-hydrogen) atoms. The van der Waals surface area contributed by atoms with Gasteiger partial charge in [-0.25, -0.2) is 14.8 Å². The number of amides is 3. The number of piperazine rings is 1. The Morgan fingerprint density at radius 1 is 0.831 bits per heavy atom. The van der Waals surface area contributed by atoms with Crippen molar-refractivity contribution in [3.05, 3.63) is 125 Å². The number of carboxylic acid groups (broad SMARTS) is 1. The van der Waals surface area contributed by atoms with Crippen LogP contribution in [-0.2, 0) is 22.6 Å². The Bertz CT molecular complexity index is 3140. The number of thiazole rings is 1. The predicted molar refractivity (Wildman–Crippen MR) is 274 cm³/mol. The summed E-state index contributed by atoms with van der Waals surface area (Å²) in [5, 5.41) is 16.5. The summed E-state index contributed by atoms with van der Waals surface area (Å²) < 4.78 is 13.9. The molecule has 2 saturated heterocycles. The number of oxazole rings is 1. The molecule has 0 bridgehead atoms. The van der Waals surface area contributed by atoms with Crippen LogP contribution < -0.4 is 25.2 Å². The standard InChI is InChI=1S/C55H56N8O7S/c1-33-38(40-19-22-48(58-50(40)53(67)68)63-26-24-35-8-4-10-41(42(35)32-63)52(66)60-54-56-44-11-2-3-13-47(44)71-54)9-5-12-45(33)69-37-17-14-34(15-18-37)7-6-25-61-27-29-62(30-28-61)55-57-43-21-16-36(31-46(43)70-55)39-20-23-49(64)59-51(39)65/h2-5,8-13,16,19,21-22,31,34,37,39H,6-7,14-15,17-18,20,23-30,32H2,1H3,(H,67,68)(H,56,60,66)(H,59,64,65). The number of hydrogen-bond donors (Lipinski definition) is 3. The van der Waals surface area contributed by atoms with Crippen molar-refractivity contribution >= 4 is 73.3 Å². The lowest BCUT2D eigenvalue weighted by Crippen LogP contribution is -2.46. The molecule has 3 N–H and O–H groups in total. The molecule has 364 valence electrons. The van der Waals surface area contributed by atoms with Gasteiger partial charge < -0.3 is 24.1 Å². The largest absolute Gasteiger partial charge is 0.490 e. The van der Waals surface area contributed by atoms with Gasteiger partial charge in [0.15, 0.2) is 16.4 Å². The molecule has 4 aliphatic rings. The highest BCUT2D eigenvalue weighted by Gasteiger charge is 2.31. The average molecular weight is 973 g/mol. The normalized spacial score (nSPS) is 19.7. The molecule has 1 aliphatic carbocycles. The third kappa shape index (κ3) is 9.82. The molecular formula is C55H56N8O7S. The fourth-order valence-electron chi connectivity index (χ4n) is 10.9. The number of aromatic carboxylic acids is 1. The van der Waals surface area contributed by atoms with Gasteiger partial charge in [-0.3, -0.25) is 29.9 Å². The third-order valence-electron chi connectivity index (χ3n) is 14.9. The molecular weight excluding hydrogens is 917 g/mol. The number of aromatic nitrogens is 3. The first-order chi connectivity index (χ1) is 34.6. The highest BCUT2D eigenvalue weighted by atomic mass is 32.1. The van der Waals surface area contributed by atoms with Crippen molar-refractivity contribution in [1.29, 1.82) is 0 Å². The van der Waals surface area contributed by atoms with E-state index in [2.05, 4.69) is 25.4 Å². The number of para-hydroxylation sites is 1. The van der Waals surface area contributed by atoms with E-state index >= 15 is 0 Å². The fourth-order valence-corrected chi connectivity index (χ4v) is 11.8. The quantitative estimate of drug-likeness (QED) is 0.0930. The number of nitrogens with one attached hydrogen (secondary N) is 2. The number of benzene rings is 4. The van der Waals surface area contributed by atoms with Crippen LogP contribution in [0, 0.1) is 12.8 Å². The van der Waals surface area contributed by atoms with Crippen LogP contribution >= 0.6 is 11.3 Å². The molecule has 3 aliphatic heterocycles. The topological polar surface area (TPSA) is 183 Å². The molecule has 11 rings (SSSR count). The number of anilines is 3. The first-order valence-corrected chi connectivity index (χ1v) is 25.7. The number of hydrogen-bond acceptors (Lipinski definition) is 13. The molecule has 1 unspecified atom stereocenters. The summed E-state index contributed by atoms with van der Waals surface area (Å²) in [5.74, 6) is -0.193. The maximum Gasteiger partial charge on any atom is 0.355 e. The zero-order valence-corrected chi connectivity index (χ0v) is 40.5. The molecule has 6 heterocycles. The van der Waals surface area contributed by atoms with E-state index in [0.717, 1.165) is 114 Å². The Morgan fingerprint density at radius 3 is 2.48 bits per heavy atom. The second kappa shape index (κ2) is 19.9. The lowest BCUT2D eigenvalue weighted by Gasteiger charge is -2.34. The number of carboxylic acids is 1. The summed E-state index contributed by atoms with van der Waals surface area (Å²) in [4.78, 5) is 71.5. The zero-order chi connectivity index (χ0) is 48.6. The van der Waals surface area contributed by atoms with Gasteiger partial charge in [0, 0.05) is 56.8 Å². The Hall–Kier alpha value is -7.17. The van der Waals surface area contributed by atoms with E-state index in [-0.39, 0.29) is 35.4 Å². The van der Waals surface area contributed by atoms with Crippen LogP contribution in [0.25, 0.3) is 32.4 Å². The van der Waals surface area contributed by atoms with Gasteiger partial charge in [-0.15, -0.1) is 0 Å². The minimum absolute atomic E-state index is 0.0236. The van der Waals surface area contributed by atoms with E-state index < -0.39 is 5.97 Å². The summed E-state index contributed by atoms with van der Waals surface area (Å²) in [6.07, 6.45) is 8.15. The van der Waals surface area contributed by atoms with Crippen molar-refractivity contribution in [3.63, 3.8) is 0 Å². The maximum atomic E-state index is 13.7. The number of nitrogens with zero attached hydrogens (tertiary/aromatic N) is 6. The summed E-state index contributed by atoms with van der Waals surface area (Å²) in [6, 6.07) is 29.5. The van der Waals surface area contributed by atoms with E-state index in [1.54, 1.807) is 0 Å². The van der Waals surface area contributed by atoms with E-state index in [1.807, 2.05) is 103 Å². The lowest BCUT2D eigenvalue weighted by molar-refractivity contribution is -0.134. The molecule has 3 fully saturated rings. The molecule has 0 spiro atoms. The van der Waals surface area contributed by atoms with Crippen molar-refractivity contribution in [2.45, 2.75) is 83.3 Å². The SMILES string of the molecule is Cc1c(OC2CCC(CCCN3CCN(c4nc5ccc(C6CCC(=O)NC6=O)cc5o4)CC3)CC2)cccc1-c1ccc(N2CCc3cccc(C(=O)Nc4nc5ccccc5s4)c3C2)nc1C(=O)O. The highest BCUT2D eigenvalue weighted by Crippen LogP contribution is 2.38. The van der Waals surface area contributed by atoms with Gasteiger partial charge >= 0.3 is 5.97 Å². The van der Waals surface area contributed by atoms with Gasteiger partial charge in [-0.2, -0.15) is 4.98 Å². The van der Waals surface area contributed by atoms with Crippen molar-refractivity contribution < 1.29 is 33.4 Å². The minimum Gasteiger partial charge on any atom is -0.490 e. The predicted octanol–water partition coefficient (Wildman–Crippen LogP) is 9.38. The summed E-state index contributed by atoms with van der Waals surface area (Å²) >= 11 is 1.44. The van der Waals surface area contributed by atoms with Crippen LogP contribution in [-0.4, -0.2) is 94.0 Å². The number of pyridine rings is 1. The molecule has 7 aromatic rings. The second-order valence-corrected chi connectivity index (χ2v) is 20.3. The monoisotopic (exact) mass is 972 g/mol. The summed E-state index contributed by atoms with van der Waals surface area (Å²) in [5.41, 5.74) is 7.83. The number of fused-ring (bicyclic) bond motifs is 3. The maximum absolute atomic E-state index is 13.7. The molecule has 3 aromatic heterocycles. The van der Waals surface area contributed by atoms with Crippen molar-refractivity contribution in [2.24, 2.45) is 5.92 Å². The van der Waals surface area contributed by atoms with E-state index in [1.165, 1.54) is 17.8 Å². The Kier molecular flexibility index (Phi) is 13.0. The molecule has 16 heteroatoms. The van der Waals surface area contributed by atoms with Crippen molar-refractivity contribution in [1.82, 2.24) is 25.2 Å². The summed E-state index contributed by atoms with van der Waals surface area (Å²) in [6.45, 7) is 7.65. The van der Waals surface area contributed by atoms with E-state index in [4.69, 9.17) is 19.1 Å². The number of carbonyl (C=O) groups is 4. The second-order valence-electron chi connectivity index (χ2n) is 19.3. The van der Waals surface area contributed by atoms with Gasteiger partial charge in [0.2, 0.25) is 11.8 Å². The number of piperidine rings is 1. The number of imide groups is 1. The zero-order valence-electron chi connectivity index (χ0n) is 39.7. The molecule has 0 radical (unpaired) electrons. The minimum atomic E-state index is -1.11. The molecule has 1 saturated carbocycles. The number of ether oxygens (including phenoxy) is 1. The summed E-state index contributed by atoms with van der Waals surface area (Å²) in [7, 11) is 0. The average Bonchev–Trinajstić information content (AvgIpc) is 4.01. The fraction of sp³-hybridized carbons (Fsp3) is 0.364. The molecule has 4 aromatic carbocycles. The van der Waals surface area contributed by atoms with Gasteiger partial charge in [-0.1, -0.05) is 53.8 Å². The van der Waals surface area contributed by atoms with E-state index in [0.29, 0.717) is 71.9 Å². The molecule has 15 nitrogen and oxygen atoms in total. The Labute approximate surface area is 415 Å². The third-order valence-corrected chi connectivity index (χ3v) is 15.8. The highest BCUT2D eigenvalue weighted by molar-refractivity contribution is 7.22. The van der Waals surface area contributed by atoms with Crippen LogP contribution in [0.1, 0.15) is 100 Å². The van der Waals surface area contributed by atoms with Gasteiger partial charge in [0.25, 0.3) is 11.9 Å². The first kappa shape index (κ1) is 46.2. The van der Waals surface area contributed by atoms with Crippen LogP contribution in [0.4, 0.5) is 17.0 Å². The molecule has 1 atom stereocenters.